The van der Waals surface area contributed by atoms with E-state index in [2.05, 4.69) is 10.5 Å². The second-order valence-corrected chi connectivity index (χ2v) is 6.75. The highest BCUT2D eigenvalue weighted by Crippen LogP contribution is 2.28. The highest BCUT2D eigenvalue weighted by atomic mass is 35.5. The molecule has 32 heavy (non-hydrogen) atoms. The van der Waals surface area contributed by atoms with E-state index in [1.165, 1.54) is 37.6 Å². The predicted molar refractivity (Wildman–Crippen MR) is 118 cm³/mol. The van der Waals surface area contributed by atoms with Gasteiger partial charge in [0.25, 0.3) is 11.6 Å². The lowest BCUT2D eigenvalue weighted by Gasteiger charge is -2.10. The van der Waals surface area contributed by atoms with Gasteiger partial charge in [-0.15, -0.1) is 0 Å². The molecule has 3 rings (SSSR count). The summed E-state index contributed by atoms with van der Waals surface area (Å²) in [6.07, 6.45) is 1.35. The van der Waals surface area contributed by atoms with Crippen molar-refractivity contribution in [2.75, 3.05) is 7.11 Å². The molecule has 0 aliphatic rings. The summed E-state index contributed by atoms with van der Waals surface area (Å²) in [7, 11) is 1.42. The van der Waals surface area contributed by atoms with Crippen molar-refractivity contribution in [2.24, 2.45) is 5.10 Å². The first-order valence-corrected chi connectivity index (χ1v) is 9.49. The van der Waals surface area contributed by atoms with Crippen LogP contribution in [0.1, 0.15) is 26.3 Å². The van der Waals surface area contributed by atoms with Crippen molar-refractivity contribution in [3.8, 4) is 11.5 Å². The number of ether oxygens (including phenoxy) is 2. The molecular formula is C22H16ClN3O6. The second kappa shape index (κ2) is 10.2. The van der Waals surface area contributed by atoms with Crippen LogP contribution >= 0.6 is 11.6 Å². The number of nitrogens with zero attached hydrogens (tertiary/aromatic N) is 2. The maximum absolute atomic E-state index is 12.3. The molecule has 9 nitrogen and oxygen atoms in total. The first kappa shape index (κ1) is 22.4. The quantitative estimate of drug-likeness (QED) is 0.188. The molecule has 0 bridgehead atoms. The predicted octanol–water partition coefficient (Wildman–Crippen LogP) is 4.24. The van der Waals surface area contributed by atoms with Gasteiger partial charge in [-0.25, -0.2) is 10.2 Å². The van der Waals surface area contributed by atoms with Crippen molar-refractivity contribution in [1.82, 2.24) is 5.43 Å². The van der Waals surface area contributed by atoms with E-state index in [0.29, 0.717) is 16.1 Å². The maximum Gasteiger partial charge on any atom is 0.343 e. The maximum atomic E-state index is 12.3. The van der Waals surface area contributed by atoms with Gasteiger partial charge in [-0.1, -0.05) is 17.7 Å². The Bertz CT molecular complexity index is 1190. The number of hydrazone groups is 1. The molecule has 10 heteroatoms. The van der Waals surface area contributed by atoms with Gasteiger partial charge in [-0.2, -0.15) is 5.10 Å². The van der Waals surface area contributed by atoms with E-state index in [-0.39, 0.29) is 22.7 Å². The summed E-state index contributed by atoms with van der Waals surface area (Å²) in [4.78, 5) is 34.6. The van der Waals surface area contributed by atoms with Gasteiger partial charge in [0.05, 0.1) is 23.8 Å². The normalized spacial score (nSPS) is 10.6. The Balaban J connectivity index is 1.67. The van der Waals surface area contributed by atoms with E-state index in [0.717, 1.165) is 6.07 Å². The van der Waals surface area contributed by atoms with Crippen LogP contribution in [-0.4, -0.2) is 30.1 Å². The number of nitro groups is 1. The zero-order valence-electron chi connectivity index (χ0n) is 16.7. The SMILES string of the molecule is COc1cc(/C=N\NC(=O)c2cccc([N+](=O)[O-])c2)ccc1OC(=O)c1ccc(Cl)cc1. The lowest BCUT2D eigenvalue weighted by Crippen LogP contribution is -2.17. The third kappa shape index (κ3) is 5.67. The molecule has 0 heterocycles. The molecule has 1 amide bonds. The molecule has 0 aliphatic heterocycles. The summed E-state index contributed by atoms with van der Waals surface area (Å²) in [6, 6.07) is 16.2. The van der Waals surface area contributed by atoms with E-state index in [1.807, 2.05) is 0 Å². The number of carbonyl (C=O) groups excluding carboxylic acids is 2. The van der Waals surface area contributed by atoms with E-state index in [9.17, 15) is 19.7 Å². The number of hydrogen-bond donors (Lipinski definition) is 1. The highest BCUT2D eigenvalue weighted by molar-refractivity contribution is 6.30. The van der Waals surface area contributed by atoms with Gasteiger partial charge in [0.2, 0.25) is 0 Å². The Labute approximate surface area is 187 Å². The van der Waals surface area contributed by atoms with Crippen molar-refractivity contribution in [3.63, 3.8) is 0 Å². The number of esters is 1. The molecule has 0 radical (unpaired) electrons. The Morgan fingerprint density at radius 2 is 1.78 bits per heavy atom. The van der Waals surface area contributed by atoms with Crippen molar-refractivity contribution in [2.45, 2.75) is 0 Å². The van der Waals surface area contributed by atoms with E-state index >= 15 is 0 Å². The van der Waals surface area contributed by atoms with Crippen LogP contribution in [0.15, 0.2) is 71.8 Å². The number of halogens is 1. The summed E-state index contributed by atoms with van der Waals surface area (Å²) in [5, 5.41) is 15.2. The number of non-ortho nitro benzene ring substituents is 1. The number of amides is 1. The van der Waals surface area contributed by atoms with Gasteiger partial charge in [-0.05, 0) is 54.1 Å². The Morgan fingerprint density at radius 3 is 2.47 bits per heavy atom. The van der Waals surface area contributed by atoms with Crippen molar-refractivity contribution in [1.29, 1.82) is 0 Å². The fraction of sp³-hybridized carbons (Fsp3) is 0.0455. The van der Waals surface area contributed by atoms with E-state index < -0.39 is 16.8 Å². The van der Waals surface area contributed by atoms with Crippen LogP contribution < -0.4 is 14.9 Å². The average Bonchev–Trinajstić information content (AvgIpc) is 2.80. The molecule has 0 saturated carbocycles. The molecule has 0 unspecified atom stereocenters. The standard InChI is InChI=1S/C22H16ClN3O6/c1-31-20-11-14(5-10-19(20)32-22(28)15-6-8-17(23)9-7-15)13-24-25-21(27)16-3-2-4-18(12-16)26(29)30/h2-13H,1H3,(H,25,27)/b24-13-. The number of rotatable bonds is 7. The van der Waals surface area contributed by atoms with Crippen LogP contribution in [0.2, 0.25) is 5.02 Å². The Kier molecular flexibility index (Phi) is 7.14. The third-order valence-corrected chi connectivity index (χ3v) is 4.42. The molecule has 0 atom stereocenters. The number of methoxy groups -OCH3 is 1. The summed E-state index contributed by atoms with van der Waals surface area (Å²) >= 11 is 5.82. The minimum Gasteiger partial charge on any atom is -0.493 e. The molecule has 3 aromatic carbocycles. The van der Waals surface area contributed by atoms with Crippen LogP contribution in [0.4, 0.5) is 5.69 Å². The minimum atomic E-state index is -0.606. The topological polar surface area (TPSA) is 120 Å². The number of carbonyl (C=O) groups is 2. The fourth-order valence-corrected chi connectivity index (χ4v) is 2.71. The first-order chi connectivity index (χ1) is 15.4. The van der Waals surface area contributed by atoms with Crippen molar-refractivity contribution >= 4 is 35.4 Å². The third-order valence-electron chi connectivity index (χ3n) is 4.17. The Morgan fingerprint density at radius 1 is 1.03 bits per heavy atom. The van der Waals surface area contributed by atoms with E-state index in [4.69, 9.17) is 21.1 Å². The molecule has 0 fully saturated rings. The summed E-state index contributed by atoms with van der Waals surface area (Å²) < 4.78 is 10.6. The van der Waals surface area contributed by atoms with Gasteiger partial charge >= 0.3 is 5.97 Å². The average molecular weight is 454 g/mol. The smallest absolute Gasteiger partial charge is 0.343 e. The van der Waals surface area contributed by atoms with Gasteiger partial charge in [-0.3, -0.25) is 14.9 Å². The van der Waals surface area contributed by atoms with E-state index in [1.54, 1.807) is 36.4 Å². The molecule has 162 valence electrons. The lowest BCUT2D eigenvalue weighted by molar-refractivity contribution is -0.384. The summed E-state index contributed by atoms with van der Waals surface area (Å²) in [5.74, 6) is -0.706. The number of hydrogen-bond acceptors (Lipinski definition) is 7. The minimum absolute atomic E-state index is 0.0957. The van der Waals surface area contributed by atoms with Gasteiger partial charge in [0.15, 0.2) is 11.5 Å². The lowest BCUT2D eigenvalue weighted by atomic mass is 10.2. The summed E-state index contributed by atoms with van der Waals surface area (Å²) in [6.45, 7) is 0. The highest BCUT2D eigenvalue weighted by Gasteiger charge is 2.13. The first-order valence-electron chi connectivity index (χ1n) is 9.11. The monoisotopic (exact) mass is 453 g/mol. The molecule has 0 aliphatic carbocycles. The Hall–Kier alpha value is -4.24. The van der Waals surface area contributed by atoms with Gasteiger partial charge in [0.1, 0.15) is 0 Å². The molecule has 0 aromatic heterocycles. The molecule has 0 saturated heterocycles. The van der Waals surface area contributed by atoms with Gasteiger partial charge in [0, 0.05) is 22.7 Å². The molecule has 3 aromatic rings. The van der Waals surface area contributed by atoms with Crippen LogP contribution in [0.3, 0.4) is 0 Å². The fourth-order valence-electron chi connectivity index (χ4n) is 2.58. The van der Waals surface area contributed by atoms with Crippen molar-refractivity contribution < 1.29 is 24.0 Å². The van der Waals surface area contributed by atoms with Crippen LogP contribution in [0.5, 0.6) is 11.5 Å². The molecule has 0 spiro atoms. The summed E-state index contributed by atoms with van der Waals surface area (Å²) in [5.41, 5.74) is 3.07. The second-order valence-electron chi connectivity index (χ2n) is 6.31. The van der Waals surface area contributed by atoms with Crippen LogP contribution in [0, 0.1) is 10.1 Å². The molecular weight excluding hydrogens is 438 g/mol. The molecule has 1 N–H and O–H groups in total. The number of nitrogens with one attached hydrogen (secondary N) is 1. The van der Waals surface area contributed by atoms with Crippen LogP contribution in [-0.2, 0) is 0 Å². The zero-order valence-corrected chi connectivity index (χ0v) is 17.4. The zero-order chi connectivity index (χ0) is 23.1. The largest absolute Gasteiger partial charge is 0.493 e. The number of nitro benzene ring substituents is 1. The van der Waals surface area contributed by atoms with Crippen LogP contribution in [0.25, 0.3) is 0 Å². The van der Waals surface area contributed by atoms with Gasteiger partial charge < -0.3 is 9.47 Å². The van der Waals surface area contributed by atoms with Crippen molar-refractivity contribution in [3.05, 3.63) is 98.6 Å². The number of benzene rings is 3.